The van der Waals surface area contributed by atoms with Crippen LogP contribution < -0.4 is 5.32 Å². The molecule has 3 heteroatoms. The minimum absolute atomic E-state index is 0.163. The van der Waals surface area contributed by atoms with Gasteiger partial charge in [-0.1, -0.05) is 29.8 Å². The van der Waals surface area contributed by atoms with Gasteiger partial charge in [0.2, 0.25) is 0 Å². The number of nitrogens with one attached hydrogen (secondary N) is 1. The molecule has 0 aliphatic heterocycles. The summed E-state index contributed by atoms with van der Waals surface area (Å²) in [5, 5.41) is 4.25. The Morgan fingerprint density at radius 3 is 2.47 bits per heavy atom. The third-order valence-corrected chi connectivity index (χ3v) is 3.19. The van der Waals surface area contributed by atoms with E-state index in [0.29, 0.717) is 0 Å². The van der Waals surface area contributed by atoms with Crippen LogP contribution >= 0.6 is 11.6 Å². The van der Waals surface area contributed by atoms with Crippen LogP contribution in [0.4, 0.5) is 0 Å². The van der Waals surface area contributed by atoms with E-state index in [9.17, 15) is 0 Å². The molecule has 2 rings (SSSR count). The predicted octanol–water partition coefficient (Wildman–Crippen LogP) is 4.34. The van der Waals surface area contributed by atoms with Crippen molar-refractivity contribution in [1.29, 1.82) is 0 Å². The molecule has 1 aromatic heterocycles. The van der Waals surface area contributed by atoms with Crippen molar-refractivity contribution < 1.29 is 4.42 Å². The van der Waals surface area contributed by atoms with Gasteiger partial charge in [-0.3, -0.25) is 0 Å². The summed E-state index contributed by atoms with van der Waals surface area (Å²) in [6.07, 6.45) is 1.69. The van der Waals surface area contributed by atoms with Crippen molar-refractivity contribution in [2.45, 2.75) is 25.9 Å². The minimum atomic E-state index is 0.163. The summed E-state index contributed by atoms with van der Waals surface area (Å²) < 4.78 is 5.37. The van der Waals surface area contributed by atoms with Crippen LogP contribution in [0, 0.1) is 0 Å². The quantitative estimate of drug-likeness (QED) is 0.872. The molecule has 0 bridgehead atoms. The highest BCUT2D eigenvalue weighted by Gasteiger charge is 2.14. The first-order valence-corrected chi connectivity index (χ1v) is 6.10. The fourth-order valence-corrected chi connectivity index (χ4v) is 2.21. The van der Waals surface area contributed by atoms with Crippen molar-refractivity contribution in [3.8, 4) is 0 Å². The van der Waals surface area contributed by atoms with E-state index in [2.05, 4.69) is 19.2 Å². The zero-order valence-electron chi connectivity index (χ0n) is 9.98. The molecular formula is C14H16ClNO. The summed E-state index contributed by atoms with van der Waals surface area (Å²) in [5.41, 5.74) is 1.10. The molecule has 0 radical (unpaired) electrons. The van der Waals surface area contributed by atoms with Gasteiger partial charge in [0.25, 0.3) is 0 Å². The number of hydrogen-bond acceptors (Lipinski definition) is 2. The summed E-state index contributed by atoms with van der Waals surface area (Å²) in [4.78, 5) is 0. The van der Waals surface area contributed by atoms with Crippen molar-refractivity contribution in [2.24, 2.45) is 0 Å². The summed E-state index contributed by atoms with van der Waals surface area (Å²) in [7, 11) is 0. The number of benzene rings is 1. The van der Waals surface area contributed by atoms with E-state index in [1.807, 2.05) is 36.4 Å². The number of rotatable bonds is 4. The first kappa shape index (κ1) is 12.2. The van der Waals surface area contributed by atoms with Gasteiger partial charge in [0.1, 0.15) is 5.76 Å². The molecule has 1 aromatic carbocycles. The van der Waals surface area contributed by atoms with E-state index >= 15 is 0 Å². The SMILES string of the molecule is CC(N[C@@H](C)c1ccco1)c1ccccc1Cl. The molecule has 0 amide bonds. The van der Waals surface area contributed by atoms with Crippen LogP contribution in [0.15, 0.2) is 47.1 Å². The molecule has 0 aliphatic carbocycles. The fourth-order valence-electron chi connectivity index (χ4n) is 1.91. The average molecular weight is 250 g/mol. The Hall–Kier alpha value is -1.25. The van der Waals surface area contributed by atoms with Gasteiger partial charge in [0.15, 0.2) is 0 Å². The minimum Gasteiger partial charge on any atom is -0.468 e. The van der Waals surface area contributed by atoms with E-state index in [0.717, 1.165) is 16.3 Å². The molecule has 0 spiro atoms. The van der Waals surface area contributed by atoms with Crippen molar-refractivity contribution in [3.63, 3.8) is 0 Å². The van der Waals surface area contributed by atoms with Crippen molar-refractivity contribution in [2.75, 3.05) is 0 Å². The predicted molar refractivity (Wildman–Crippen MR) is 70.1 cm³/mol. The normalized spacial score (nSPS) is 14.5. The Kier molecular flexibility index (Phi) is 3.87. The Bertz CT molecular complexity index is 467. The monoisotopic (exact) mass is 249 g/mol. The van der Waals surface area contributed by atoms with Gasteiger partial charge < -0.3 is 9.73 Å². The van der Waals surface area contributed by atoms with Crippen LogP contribution in [0.1, 0.15) is 37.3 Å². The molecule has 2 aromatic rings. The topological polar surface area (TPSA) is 25.2 Å². The fraction of sp³-hybridized carbons (Fsp3) is 0.286. The first-order valence-electron chi connectivity index (χ1n) is 5.72. The molecule has 2 nitrogen and oxygen atoms in total. The maximum absolute atomic E-state index is 6.16. The molecule has 90 valence electrons. The second-order valence-corrected chi connectivity index (χ2v) is 4.55. The Balaban J connectivity index is 2.07. The molecule has 1 N–H and O–H groups in total. The molecule has 0 saturated heterocycles. The van der Waals surface area contributed by atoms with Crippen molar-refractivity contribution in [3.05, 3.63) is 59.0 Å². The summed E-state index contributed by atoms with van der Waals surface area (Å²) in [6, 6.07) is 12.1. The van der Waals surface area contributed by atoms with Crippen LogP contribution in [0.3, 0.4) is 0 Å². The molecule has 0 aliphatic rings. The molecule has 0 fully saturated rings. The number of hydrogen-bond donors (Lipinski definition) is 1. The van der Waals surface area contributed by atoms with E-state index in [1.165, 1.54) is 0 Å². The van der Waals surface area contributed by atoms with Crippen LogP contribution in [-0.2, 0) is 0 Å². The highest BCUT2D eigenvalue weighted by molar-refractivity contribution is 6.31. The smallest absolute Gasteiger partial charge is 0.120 e. The molecule has 1 heterocycles. The van der Waals surface area contributed by atoms with Gasteiger partial charge in [-0.2, -0.15) is 0 Å². The zero-order chi connectivity index (χ0) is 12.3. The van der Waals surface area contributed by atoms with Crippen LogP contribution in [0.25, 0.3) is 0 Å². The summed E-state index contributed by atoms with van der Waals surface area (Å²) >= 11 is 6.16. The van der Waals surface area contributed by atoms with Gasteiger partial charge in [-0.15, -0.1) is 0 Å². The maximum atomic E-state index is 6.16. The third-order valence-electron chi connectivity index (χ3n) is 2.84. The average Bonchev–Trinajstić information content (AvgIpc) is 2.82. The van der Waals surface area contributed by atoms with Crippen LogP contribution in [-0.4, -0.2) is 0 Å². The zero-order valence-corrected chi connectivity index (χ0v) is 10.7. The van der Waals surface area contributed by atoms with Crippen molar-refractivity contribution in [1.82, 2.24) is 5.32 Å². The van der Waals surface area contributed by atoms with Gasteiger partial charge in [0.05, 0.1) is 12.3 Å². The summed E-state index contributed by atoms with van der Waals surface area (Å²) in [6.45, 7) is 4.17. The Labute approximate surface area is 107 Å². The molecular weight excluding hydrogens is 234 g/mol. The van der Waals surface area contributed by atoms with Gasteiger partial charge in [0, 0.05) is 11.1 Å². The van der Waals surface area contributed by atoms with Crippen LogP contribution in [0.2, 0.25) is 5.02 Å². The first-order chi connectivity index (χ1) is 8.18. The van der Waals surface area contributed by atoms with E-state index < -0.39 is 0 Å². The van der Waals surface area contributed by atoms with Gasteiger partial charge >= 0.3 is 0 Å². The second kappa shape index (κ2) is 5.39. The standard InChI is InChI=1S/C14H16ClNO/c1-10(12-6-3-4-7-13(12)15)16-11(2)14-8-5-9-17-14/h3-11,16H,1-2H3/t10?,11-/m0/s1. The molecule has 1 unspecified atom stereocenters. The second-order valence-electron chi connectivity index (χ2n) is 4.15. The van der Waals surface area contributed by atoms with Crippen LogP contribution in [0.5, 0.6) is 0 Å². The van der Waals surface area contributed by atoms with E-state index in [4.69, 9.17) is 16.0 Å². The Morgan fingerprint density at radius 2 is 1.82 bits per heavy atom. The molecule has 0 saturated carbocycles. The lowest BCUT2D eigenvalue weighted by Gasteiger charge is -2.19. The lowest BCUT2D eigenvalue weighted by atomic mass is 10.1. The largest absolute Gasteiger partial charge is 0.468 e. The highest BCUT2D eigenvalue weighted by atomic mass is 35.5. The maximum Gasteiger partial charge on any atom is 0.120 e. The summed E-state index contributed by atoms with van der Waals surface area (Å²) in [5.74, 6) is 0.934. The van der Waals surface area contributed by atoms with E-state index in [1.54, 1.807) is 6.26 Å². The van der Waals surface area contributed by atoms with Crippen molar-refractivity contribution >= 4 is 11.6 Å². The van der Waals surface area contributed by atoms with Gasteiger partial charge in [-0.05, 0) is 37.6 Å². The lowest BCUT2D eigenvalue weighted by molar-refractivity contribution is 0.403. The van der Waals surface area contributed by atoms with Gasteiger partial charge in [-0.25, -0.2) is 0 Å². The molecule has 17 heavy (non-hydrogen) atoms. The highest BCUT2D eigenvalue weighted by Crippen LogP contribution is 2.25. The Morgan fingerprint density at radius 1 is 1.06 bits per heavy atom. The number of furan rings is 1. The number of halogens is 1. The van der Waals surface area contributed by atoms with E-state index in [-0.39, 0.29) is 12.1 Å². The molecule has 2 atom stereocenters. The third kappa shape index (κ3) is 2.90. The lowest BCUT2D eigenvalue weighted by Crippen LogP contribution is -2.22.